The van der Waals surface area contributed by atoms with Crippen LogP contribution < -0.4 is 5.32 Å². The van der Waals surface area contributed by atoms with Gasteiger partial charge in [0.1, 0.15) is 5.65 Å². The van der Waals surface area contributed by atoms with Gasteiger partial charge in [-0.15, -0.1) is 0 Å². The minimum atomic E-state index is -0.148. The second-order valence-electron chi connectivity index (χ2n) is 8.69. The molecular weight excluding hydrogens is 436 g/mol. The first-order valence-electron chi connectivity index (χ1n) is 10.6. The van der Waals surface area contributed by atoms with E-state index < -0.39 is 0 Å². The number of thiazole rings is 1. The van der Waals surface area contributed by atoms with Crippen molar-refractivity contribution < 1.29 is 9.53 Å². The van der Waals surface area contributed by atoms with Crippen molar-refractivity contribution in [1.29, 1.82) is 5.26 Å². The lowest BCUT2D eigenvalue weighted by atomic mass is 9.78. The number of carbonyl (C=O) groups is 1. The first-order valence-corrected chi connectivity index (χ1v) is 11.4. The average molecular weight is 457 g/mol. The Labute approximate surface area is 194 Å². The Morgan fingerprint density at radius 1 is 1.27 bits per heavy atom. The van der Waals surface area contributed by atoms with Crippen molar-refractivity contribution >= 4 is 33.5 Å². The van der Waals surface area contributed by atoms with Crippen LogP contribution in [0.4, 0.5) is 9.93 Å². The molecular formula is C24H20N6O2S. The second-order valence-corrected chi connectivity index (χ2v) is 9.69. The Kier molecular flexibility index (Phi) is 4.47. The highest BCUT2D eigenvalue weighted by molar-refractivity contribution is 7.19. The summed E-state index contributed by atoms with van der Waals surface area (Å²) in [5.74, 6) is 0. The number of nitrogens with zero attached hydrogens (tertiary/aromatic N) is 5. The summed E-state index contributed by atoms with van der Waals surface area (Å²) in [7, 11) is 1.96. The predicted molar refractivity (Wildman–Crippen MR) is 126 cm³/mol. The van der Waals surface area contributed by atoms with Crippen molar-refractivity contribution in [2.24, 2.45) is 12.5 Å². The number of aryl methyl sites for hydroxylation is 1. The van der Waals surface area contributed by atoms with Gasteiger partial charge >= 0.3 is 6.03 Å². The number of benzene rings is 1. The molecule has 1 aromatic carbocycles. The Bertz CT molecular complexity index is 1440. The summed E-state index contributed by atoms with van der Waals surface area (Å²) in [5.41, 5.74) is 4.14. The summed E-state index contributed by atoms with van der Waals surface area (Å²) < 4.78 is 7.28. The number of rotatable bonds is 3. The van der Waals surface area contributed by atoms with Crippen molar-refractivity contribution in [2.45, 2.75) is 0 Å². The molecule has 3 aromatic heterocycles. The molecule has 8 nitrogen and oxygen atoms in total. The highest BCUT2D eigenvalue weighted by Crippen LogP contribution is 2.42. The lowest BCUT2D eigenvalue weighted by Gasteiger charge is -2.54. The van der Waals surface area contributed by atoms with Crippen LogP contribution in [0.2, 0.25) is 0 Å². The average Bonchev–Trinajstić information content (AvgIpc) is 3.35. The van der Waals surface area contributed by atoms with Crippen LogP contribution in [-0.4, -0.2) is 51.8 Å². The topological polar surface area (TPSA) is 96.1 Å². The highest BCUT2D eigenvalue weighted by atomic mass is 32.1. The van der Waals surface area contributed by atoms with Crippen molar-refractivity contribution in [1.82, 2.24) is 19.4 Å². The maximum Gasteiger partial charge on any atom is 0.323 e. The van der Waals surface area contributed by atoms with Gasteiger partial charge in [-0.25, -0.2) is 14.8 Å². The van der Waals surface area contributed by atoms with E-state index in [1.807, 2.05) is 48.1 Å². The summed E-state index contributed by atoms with van der Waals surface area (Å²) in [6.07, 6.45) is 3.76. The van der Waals surface area contributed by atoms with Gasteiger partial charge in [0.15, 0.2) is 5.13 Å². The molecule has 9 heteroatoms. The zero-order valence-electron chi connectivity index (χ0n) is 17.9. The smallest absolute Gasteiger partial charge is 0.323 e. The summed E-state index contributed by atoms with van der Waals surface area (Å²) in [6.45, 7) is 2.88. The Hall–Kier alpha value is -3.74. The van der Waals surface area contributed by atoms with Gasteiger partial charge in [0, 0.05) is 49.0 Å². The number of carbonyl (C=O) groups excluding carboxylic acids is 1. The summed E-state index contributed by atoms with van der Waals surface area (Å²) >= 11 is 1.43. The van der Waals surface area contributed by atoms with Crippen LogP contribution in [0.3, 0.4) is 0 Å². The number of hydrogen-bond donors (Lipinski definition) is 1. The quantitative estimate of drug-likeness (QED) is 0.501. The number of aromatic nitrogens is 3. The minimum absolute atomic E-state index is 0.148. The molecule has 0 unspecified atom stereocenters. The molecule has 1 N–H and O–H groups in total. The van der Waals surface area contributed by atoms with E-state index in [1.54, 1.807) is 17.2 Å². The number of nitriles is 1. The number of pyridine rings is 1. The second kappa shape index (κ2) is 7.40. The lowest BCUT2D eigenvalue weighted by molar-refractivity contribution is -0.174. The predicted octanol–water partition coefficient (Wildman–Crippen LogP) is 4.10. The molecule has 2 aliphatic rings. The van der Waals surface area contributed by atoms with Crippen molar-refractivity contribution in [3.05, 3.63) is 54.4 Å². The van der Waals surface area contributed by atoms with Crippen LogP contribution >= 0.6 is 11.3 Å². The van der Waals surface area contributed by atoms with Crippen LogP contribution in [-0.2, 0) is 11.8 Å². The molecule has 4 aromatic rings. The van der Waals surface area contributed by atoms with Gasteiger partial charge < -0.3 is 14.2 Å². The molecule has 5 heterocycles. The van der Waals surface area contributed by atoms with E-state index in [4.69, 9.17) is 9.72 Å². The number of nitrogens with one attached hydrogen (secondary N) is 1. The number of likely N-dealkylation sites (tertiary alicyclic amines) is 1. The van der Waals surface area contributed by atoms with Gasteiger partial charge in [-0.3, -0.25) is 5.32 Å². The summed E-state index contributed by atoms with van der Waals surface area (Å²) in [4.78, 5) is 24.8. The van der Waals surface area contributed by atoms with Gasteiger partial charge in [0.05, 0.1) is 40.8 Å². The maximum absolute atomic E-state index is 12.8. The molecule has 0 bridgehead atoms. The van der Waals surface area contributed by atoms with E-state index in [-0.39, 0.29) is 11.4 Å². The first kappa shape index (κ1) is 19.9. The molecule has 33 heavy (non-hydrogen) atoms. The fourth-order valence-electron chi connectivity index (χ4n) is 4.50. The molecule has 164 valence electrons. The van der Waals surface area contributed by atoms with Crippen molar-refractivity contribution in [2.75, 3.05) is 31.6 Å². The normalized spacial score (nSPS) is 16.3. The molecule has 6 rings (SSSR count). The van der Waals surface area contributed by atoms with Crippen LogP contribution in [0.1, 0.15) is 5.56 Å². The minimum Gasteiger partial charge on any atom is -0.380 e. The van der Waals surface area contributed by atoms with Crippen LogP contribution in [0.25, 0.3) is 32.7 Å². The molecule has 1 spiro atoms. The van der Waals surface area contributed by atoms with Gasteiger partial charge in [-0.05, 0) is 24.3 Å². The van der Waals surface area contributed by atoms with Crippen LogP contribution in [0, 0.1) is 16.7 Å². The number of hydrogen-bond acceptors (Lipinski definition) is 6. The lowest BCUT2D eigenvalue weighted by Crippen LogP contribution is -2.67. The molecule has 0 aliphatic carbocycles. The van der Waals surface area contributed by atoms with Gasteiger partial charge in [-0.2, -0.15) is 5.26 Å². The number of fused-ring (bicyclic) bond motifs is 1. The molecule has 2 aliphatic heterocycles. The van der Waals surface area contributed by atoms with Crippen LogP contribution in [0.15, 0.2) is 48.8 Å². The molecule has 2 saturated heterocycles. The van der Waals surface area contributed by atoms with E-state index in [0.717, 1.165) is 45.9 Å². The standard InChI is InChI=1S/C24H20N6O2S/c1-29-8-6-18-17(5-7-26-21(18)29)20-19(16-4-2-3-15(9-16)10-25)27-22(33-20)28-23(31)30-11-24(12-30)13-32-14-24/h2-9H,11-14H2,1H3,(H,27,28,31). The maximum atomic E-state index is 12.8. The van der Waals surface area contributed by atoms with E-state index in [1.165, 1.54) is 11.3 Å². The van der Waals surface area contributed by atoms with Crippen molar-refractivity contribution in [3.8, 4) is 27.8 Å². The van der Waals surface area contributed by atoms with Gasteiger partial charge in [-0.1, -0.05) is 23.5 Å². The molecule has 0 radical (unpaired) electrons. The SMILES string of the molecule is Cn1ccc2c(-c3sc(NC(=O)N4CC5(COC5)C4)nc3-c3cccc(C#N)c3)ccnc21. The van der Waals surface area contributed by atoms with E-state index >= 15 is 0 Å². The fourth-order valence-corrected chi connectivity index (χ4v) is 5.52. The van der Waals surface area contributed by atoms with E-state index in [9.17, 15) is 10.1 Å². The highest BCUT2D eigenvalue weighted by Gasteiger charge is 2.50. The molecule has 0 saturated carbocycles. The molecule has 0 atom stereocenters. The number of ether oxygens (including phenoxy) is 1. The van der Waals surface area contributed by atoms with Crippen LogP contribution in [0.5, 0.6) is 0 Å². The Morgan fingerprint density at radius 3 is 2.88 bits per heavy atom. The summed E-state index contributed by atoms with van der Waals surface area (Å²) in [5, 5.41) is 13.9. The van der Waals surface area contributed by atoms with E-state index in [2.05, 4.69) is 16.4 Å². The monoisotopic (exact) mass is 456 g/mol. The third-order valence-corrected chi connectivity index (χ3v) is 7.28. The molecule has 2 fully saturated rings. The Balaban J connectivity index is 1.40. The largest absolute Gasteiger partial charge is 0.380 e. The summed E-state index contributed by atoms with van der Waals surface area (Å²) in [6, 6.07) is 13.4. The number of urea groups is 1. The zero-order valence-corrected chi connectivity index (χ0v) is 18.7. The Morgan fingerprint density at radius 2 is 2.12 bits per heavy atom. The first-order chi connectivity index (χ1) is 16.0. The molecule has 2 amide bonds. The van der Waals surface area contributed by atoms with Crippen molar-refractivity contribution in [3.63, 3.8) is 0 Å². The van der Waals surface area contributed by atoms with E-state index in [0.29, 0.717) is 23.8 Å². The fraction of sp³-hybridized carbons (Fsp3) is 0.250. The zero-order chi connectivity index (χ0) is 22.6. The van der Waals surface area contributed by atoms with Gasteiger partial charge in [0.2, 0.25) is 0 Å². The van der Waals surface area contributed by atoms with Gasteiger partial charge in [0.25, 0.3) is 0 Å². The third-order valence-electron chi connectivity index (χ3n) is 6.28. The number of amides is 2. The third kappa shape index (κ3) is 3.26. The number of anilines is 1.